The summed E-state index contributed by atoms with van der Waals surface area (Å²) in [4.78, 5) is 23.4. The van der Waals surface area contributed by atoms with Gasteiger partial charge in [0.25, 0.3) is 0 Å². The van der Waals surface area contributed by atoms with Crippen LogP contribution in [-0.2, 0) is 28.5 Å². The van der Waals surface area contributed by atoms with Gasteiger partial charge in [-0.2, -0.15) is 0 Å². The third-order valence-corrected chi connectivity index (χ3v) is 7.27. The molecule has 2 aliphatic carbocycles. The number of ether oxygens (including phenoxy) is 4. The molecule has 3 N–H and O–H groups in total. The van der Waals surface area contributed by atoms with Crippen molar-refractivity contribution in [2.45, 2.75) is 69.9 Å². The van der Waals surface area contributed by atoms with Crippen LogP contribution in [0.2, 0.25) is 0 Å². The Morgan fingerprint density at radius 2 is 1.89 bits per heavy atom. The summed E-state index contributed by atoms with van der Waals surface area (Å²) in [6.45, 7) is 5.79. The molecule has 4 aliphatic rings. The van der Waals surface area contributed by atoms with Crippen LogP contribution in [0, 0.1) is 10.8 Å². The lowest BCUT2D eigenvalue weighted by Gasteiger charge is -2.60. The first-order chi connectivity index (χ1) is 13.0. The van der Waals surface area contributed by atoms with E-state index in [1.165, 1.54) is 13.8 Å². The van der Waals surface area contributed by atoms with Crippen LogP contribution in [0.4, 0.5) is 0 Å². The summed E-state index contributed by atoms with van der Waals surface area (Å²) < 4.78 is 22.8. The quantitative estimate of drug-likeness (QED) is 0.313. The molecule has 2 bridgehead atoms. The Bertz CT molecular complexity index is 744. The summed E-state index contributed by atoms with van der Waals surface area (Å²) in [6, 6.07) is 0. The highest BCUT2D eigenvalue weighted by molar-refractivity contribution is 5.67. The number of fused-ring (bicyclic) bond motifs is 2. The third kappa shape index (κ3) is 2.14. The fourth-order valence-corrected chi connectivity index (χ4v) is 5.71. The van der Waals surface area contributed by atoms with Gasteiger partial charge in [0.15, 0.2) is 0 Å². The molecule has 1 spiro atoms. The lowest BCUT2D eigenvalue weighted by atomic mass is 9.49. The van der Waals surface area contributed by atoms with Gasteiger partial charge < -0.3 is 34.3 Å². The van der Waals surface area contributed by atoms with Crippen molar-refractivity contribution in [1.29, 1.82) is 0 Å². The maximum Gasteiger partial charge on any atom is 0.303 e. The lowest BCUT2D eigenvalue weighted by Crippen LogP contribution is -2.73. The molecule has 0 aromatic carbocycles. The number of carbonyl (C=O) groups is 2. The number of aliphatic hydroxyl groups is 3. The van der Waals surface area contributed by atoms with Crippen molar-refractivity contribution in [2.75, 3.05) is 13.2 Å². The van der Waals surface area contributed by atoms with Crippen molar-refractivity contribution in [1.82, 2.24) is 0 Å². The predicted molar refractivity (Wildman–Crippen MR) is 91.8 cm³/mol. The smallest absolute Gasteiger partial charge is 0.303 e. The van der Waals surface area contributed by atoms with Crippen LogP contribution in [0.5, 0.6) is 0 Å². The zero-order valence-corrected chi connectivity index (χ0v) is 16.2. The van der Waals surface area contributed by atoms with E-state index in [-0.39, 0.29) is 13.2 Å². The zero-order valence-electron chi connectivity index (χ0n) is 16.2. The van der Waals surface area contributed by atoms with Crippen LogP contribution in [0.3, 0.4) is 0 Å². The summed E-state index contributed by atoms with van der Waals surface area (Å²) in [7, 11) is 0. The van der Waals surface area contributed by atoms with Crippen LogP contribution in [0.25, 0.3) is 0 Å². The summed E-state index contributed by atoms with van der Waals surface area (Å²) in [5.41, 5.74) is -3.11. The Morgan fingerprint density at radius 3 is 2.43 bits per heavy atom. The van der Waals surface area contributed by atoms with Crippen LogP contribution in [0.15, 0.2) is 11.6 Å². The molecule has 0 amide bonds. The standard InChI is InChI=1S/C19H26O9/c1-8-5-11-18(6-25-9(2)20,14(24)12(8)22)17(4)15(27-10(3)21)13(23)16(28-11)19(17)7-26-19/h5,11-16,22-24H,6-7H2,1-4H3/t11-,12?,13-,14?,15-,16-,17-,18-,19+/m1/s1. The molecular weight excluding hydrogens is 372 g/mol. The zero-order chi connectivity index (χ0) is 20.6. The number of hydrogen-bond donors (Lipinski definition) is 3. The van der Waals surface area contributed by atoms with Crippen LogP contribution < -0.4 is 0 Å². The van der Waals surface area contributed by atoms with Crippen LogP contribution in [-0.4, -0.2) is 82.7 Å². The van der Waals surface area contributed by atoms with E-state index >= 15 is 0 Å². The Morgan fingerprint density at radius 1 is 1.25 bits per heavy atom. The second-order valence-corrected chi connectivity index (χ2v) is 8.50. The first-order valence-corrected chi connectivity index (χ1v) is 9.35. The summed E-state index contributed by atoms with van der Waals surface area (Å²) in [6.07, 6.45) is -4.83. The lowest BCUT2D eigenvalue weighted by molar-refractivity contribution is -0.274. The summed E-state index contributed by atoms with van der Waals surface area (Å²) >= 11 is 0. The highest BCUT2D eigenvalue weighted by Crippen LogP contribution is 2.72. The molecule has 2 saturated heterocycles. The van der Waals surface area contributed by atoms with E-state index in [4.69, 9.17) is 18.9 Å². The van der Waals surface area contributed by atoms with E-state index in [1.54, 1.807) is 19.9 Å². The molecule has 0 radical (unpaired) electrons. The summed E-state index contributed by atoms with van der Waals surface area (Å²) in [5, 5.41) is 32.9. The van der Waals surface area contributed by atoms with E-state index in [0.29, 0.717) is 5.57 Å². The molecule has 9 atom stereocenters. The predicted octanol–water partition coefficient (Wildman–Crippen LogP) is -0.933. The van der Waals surface area contributed by atoms with Crippen molar-refractivity contribution in [3.05, 3.63) is 11.6 Å². The van der Waals surface area contributed by atoms with Crippen molar-refractivity contribution >= 4 is 11.9 Å². The topological polar surface area (TPSA) is 135 Å². The van der Waals surface area contributed by atoms with Crippen molar-refractivity contribution in [2.24, 2.45) is 10.8 Å². The average molecular weight is 398 g/mol. The monoisotopic (exact) mass is 398 g/mol. The SMILES string of the molecule is CC(=O)OC[C@]12C(O)C(O)C(C)=C[C@H]1O[C@@H]1[C@H](O)[C@@H](OC(C)=O)[C@@]2(C)[C@]12CO2. The minimum absolute atomic E-state index is 0.225. The maximum absolute atomic E-state index is 11.8. The normalized spacial score (nSPS) is 51.3. The van der Waals surface area contributed by atoms with Gasteiger partial charge in [-0.3, -0.25) is 9.59 Å². The van der Waals surface area contributed by atoms with Crippen molar-refractivity contribution in [3.8, 4) is 0 Å². The maximum atomic E-state index is 11.8. The highest BCUT2D eigenvalue weighted by Gasteiger charge is 2.87. The molecular formula is C19H26O9. The van der Waals surface area contributed by atoms with Gasteiger partial charge in [-0.05, 0) is 12.5 Å². The molecule has 0 aromatic heterocycles. The molecule has 28 heavy (non-hydrogen) atoms. The van der Waals surface area contributed by atoms with Gasteiger partial charge in [0.05, 0.1) is 29.6 Å². The number of epoxide rings is 1. The number of aliphatic hydroxyl groups excluding tert-OH is 3. The van der Waals surface area contributed by atoms with Crippen molar-refractivity contribution < 1.29 is 43.9 Å². The molecule has 9 heteroatoms. The van der Waals surface area contributed by atoms with E-state index in [9.17, 15) is 24.9 Å². The molecule has 0 aromatic rings. The van der Waals surface area contributed by atoms with E-state index in [1.807, 2.05) is 0 Å². The second-order valence-electron chi connectivity index (χ2n) is 8.50. The van der Waals surface area contributed by atoms with E-state index in [2.05, 4.69) is 0 Å². The van der Waals surface area contributed by atoms with Gasteiger partial charge >= 0.3 is 11.9 Å². The number of carbonyl (C=O) groups excluding carboxylic acids is 2. The van der Waals surface area contributed by atoms with Gasteiger partial charge in [0, 0.05) is 13.8 Å². The minimum Gasteiger partial charge on any atom is -0.465 e. The molecule has 3 fully saturated rings. The number of esters is 2. The van der Waals surface area contributed by atoms with Gasteiger partial charge in [-0.1, -0.05) is 13.0 Å². The molecule has 4 rings (SSSR count). The fourth-order valence-electron chi connectivity index (χ4n) is 5.71. The largest absolute Gasteiger partial charge is 0.465 e. The Kier molecular flexibility index (Phi) is 4.23. The molecule has 2 unspecified atom stereocenters. The van der Waals surface area contributed by atoms with Gasteiger partial charge in [0.2, 0.25) is 0 Å². The molecule has 2 aliphatic heterocycles. The Labute approximate surface area is 162 Å². The molecule has 9 nitrogen and oxygen atoms in total. The molecule has 1 saturated carbocycles. The Balaban J connectivity index is 1.93. The van der Waals surface area contributed by atoms with Gasteiger partial charge in [-0.25, -0.2) is 0 Å². The Hall–Kier alpha value is -1.52. The molecule has 2 heterocycles. The average Bonchev–Trinajstić information content (AvgIpc) is 3.39. The fraction of sp³-hybridized carbons (Fsp3) is 0.789. The first kappa shape index (κ1) is 19.8. The number of hydrogen-bond acceptors (Lipinski definition) is 9. The van der Waals surface area contributed by atoms with E-state index in [0.717, 1.165) is 0 Å². The van der Waals surface area contributed by atoms with Gasteiger partial charge in [0.1, 0.15) is 36.6 Å². The first-order valence-electron chi connectivity index (χ1n) is 9.35. The highest BCUT2D eigenvalue weighted by atomic mass is 16.7. The van der Waals surface area contributed by atoms with E-state index < -0.39 is 65.0 Å². The van der Waals surface area contributed by atoms with Gasteiger partial charge in [-0.15, -0.1) is 0 Å². The van der Waals surface area contributed by atoms with Crippen LogP contribution >= 0.6 is 0 Å². The summed E-state index contributed by atoms with van der Waals surface area (Å²) in [5.74, 6) is -1.18. The minimum atomic E-state index is -1.41. The molecule has 156 valence electrons. The third-order valence-electron chi connectivity index (χ3n) is 7.27. The number of rotatable bonds is 3. The second kappa shape index (κ2) is 5.99. The van der Waals surface area contributed by atoms with Crippen LogP contribution in [0.1, 0.15) is 27.7 Å². The van der Waals surface area contributed by atoms with Crippen molar-refractivity contribution in [3.63, 3.8) is 0 Å².